The van der Waals surface area contributed by atoms with E-state index < -0.39 is 8.32 Å². The third kappa shape index (κ3) is 4.01. The van der Waals surface area contributed by atoms with Gasteiger partial charge in [-0.15, -0.1) is 0 Å². The highest BCUT2D eigenvalue weighted by Crippen LogP contribution is 2.20. The van der Waals surface area contributed by atoms with Crippen LogP contribution in [-0.4, -0.2) is 8.32 Å². The molecule has 0 N–H and O–H groups in total. The van der Waals surface area contributed by atoms with Crippen molar-refractivity contribution >= 4 is 14.1 Å². The second kappa shape index (κ2) is 4.81. The molecular formula is C12H15NOSi. The third-order valence-corrected chi connectivity index (χ3v) is 2.50. The molecule has 0 spiro atoms. The fraction of sp³-hybridized carbons (Fsp3) is 0.250. The predicted octanol–water partition coefficient (Wildman–Crippen LogP) is 3.40. The van der Waals surface area contributed by atoms with Crippen molar-refractivity contribution in [3.05, 3.63) is 42.0 Å². The molecule has 78 valence electrons. The first-order valence-electron chi connectivity index (χ1n) is 4.87. The molecule has 0 radical (unpaired) electrons. The summed E-state index contributed by atoms with van der Waals surface area (Å²) >= 11 is 0. The summed E-state index contributed by atoms with van der Waals surface area (Å²) < 4.78 is 5.84. The van der Waals surface area contributed by atoms with E-state index in [-0.39, 0.29) is 0 Å². The molecule has 0 saturated carbocycles. The summed E-state index contributed by atoms with van der Waals surface area (Å²) in [5.41, 5.74) is 0.960. The summed E-state index contributed by atoms with van der Waals surface area (Å²) in [6.45, 7) is 6.30. The van der Waals surface area contributed by atoms with Gasteiger partial charge in [0.25, 0.3) is 0 Å². The lowest BCUT2D eigenvalue weighted by molar-refractivity contribution is 0.515. The Balaban J connectivity index is 2.97. The van der Waals surface area contributed by atoms with Gasteiger partial charge in [0.2, 0.25) is 8.32 Å². The van der Waals surface area contributed by atoms with Crippen molar-refractivity contribution in [2.24, 2.45) is 0 Å². The van der Waals surface area contributed by atoms with E-state index in [1.54, 1.807) is 0 Å². The van der Waals surface area contributed by atoms with Crippen molar-refractivity contribution in [3.63, 3.8) is 0 Å². The third-order valence-electron chi connectivity index (χ3n) is 1.67. The van der Waals surface area contributed by atoms with Gasteiger partial charge in [-0.2, -0.15) is 5.26 Å². The Morgan fingerprint density at radius 1 is 1.27 bits per heavy atom. The topological polar surface area (TPSA) is 33.0 Å². The summed E-state index contributed by atoms with van der Waals surface area (Å²) in [6.07, 6.45) is 1.47. The van der Waals surface area contributed by atoms with E-state index >= 15 is 0 Å². The average Bonchev–Trinajstić information content (AvgIpc) is 2.17. The molecule has 0 atom stereocenters. The van der Waals surface area contributed by atoms with Crippen LogP contribution in [-0.2, 0) is 4.43 Å². The number of hydrogen-bond acceptors (Lipinski definition) is 2. The normalized spacial score (nSPS) is 12.0. The number of nitriles is 1. The van der Waals surface area contributed by atoms with Gasteiger partial charge in [-0.1, -0.05) is 30.3 Å². The first kappa shape index (κ1) is 11.5. The predicted molar refractivity (Wildman–Crippen MR) is 64.5 cm³/mol. The van der Waals surface area contributed by atoms with Crippen molar-refractivity contribution < 1.29 is 4.43 Å². The van der Waals surface area contributed by atoms with Crippen LogP contribution in [0, 0.1) is 11.3 Å². The molecule has 0 amide bonds. The fourth-order valence-corrected chi connectivity index (χ4v) is 2.00. The Kier molecular flexibility index (Phi) is 3.70. The van der Waals surface area contributed by atoms with Gasteiger partial charge in [0.05, 0.1) is 12.1 Å². The molecule has 0 aliphatic carbocycles. The molecule has 0 heterocycles. The minimum atomic E-state index is -1.66. The Morgan fingerprint density at radius 3 is 2.33 bits per heavy atom. The van der Waals surface area contributed by atoms with E-state index in [0.717, 1.165) is 5.56 Å². The molecule has 1 aromatic carbocycles. The van der Waals surface area contributed by atoms with E-state index in [4.69, 9.17) is 9.69 Å². The molecule has 0 aliphatic rings. The monoisotopic (exact) mass is 217 g/mol. The summed E-state index contributed by atoms with van der Waals surface area (Å²) in [6, 6.07) is 11.7. The Bertz CT molecular complexity index is 384. The highest BCUT2D eigenvalue weighted by atomic mass is 28.4. The van der Waals surface area contributed by atoms with Crippen LogP contribution >= 0.6 is 0 Å². The molecule has 0 aliphatic heterocycles. The van der Waals surface area contributed by atoms with E-state index in [9.17, 15) is 0 Å². The summed E-state index contributed by atoms with van der Waals surface area (Å²) in [5.74, 6) is 0.678. The van der Waals surface area contributed by atoms with Crippen LogP contribution in [0.1, 0.15) is 5.56 Å². The maximum absolute atomic E-state index is 8.70. The van der Waals surface area contributed by atoms with Crippen LogP contribution in [0.15, 0.2) is 36.4 Å². The molecule has 15 heavy (non-hydrogen) atoms. The molecule has 0 saturated heterocycles. The zero-order chi connectivity index (χ0) is 11.3. The number of hydrogen-bond donors (Lipinski definition) is 0. The second-order valence-electron chi connectivity index (χ2n) is 4.22. The standard InChI is InChI=1S/C12H15NOSi/c1-15(2,3)14-12(9-10-13)11-7-5-4-6-8-11/h4-9H,1-3H3. The quantitative estimate of drug-likeness (QED) is 0.441. The molecule has 0 bridgehead atoms. The molecule has 0 fully saturated rings. The molecule has 3 heteroatoms. The minimum absolute atomic E-state index is 0.678. The van der Waals surface area contributed by atoms with Crippen LogP contribution in [0.25, 0.3) is 5.76 Å². The van der Waals surface area contributed by atoms with E-state index in [1.807, 2.05) is 36.4 Å². The second-order valence-corrected chi connectivity index (χ2v) is 8.65. The highest BCUT2D eigenvalue weighted by Gasteiger charge is 2.18. The van der Waals surface area contributed by atoms with E-state index in [2.05, 4.69) is 19.6 Å². The Labute approximate surface area is 91.9 Å². The average molecular weight is 217 g/mol. The lowest BCUT2D eigenvalue weighted by atomic mass is 10.2. The SMILES string of the molecule is C[Si](C)(C)OC(=CC#N)c1ccccc1. The Hall–Kier alpha value is -1.53. The Morgan fingerprint density at radius 2 is 1.87 bits per heavy atom. The largest absolute Gasteiger partial charge is 0.543 e. The van der Waals surface area contributed by atoms with Crippen LogP contribution in [0.5, 0.6) is 0 Å². The highest BCUT2D eigenvalue weighted by molar-refractivity contribution is 6.70. The van der Waals surface area contributed by atoms with Gasteiger partial charge in [0.15, 0.2) is 0 Å². The molecular weight excluding hydrogens is 202 g/mol. The van der Waals surface area contributed by atoms with Gasteiger partial charge < -0.3 is 4.43 Å². The van der Waals surface area contributed by atoms with Gasteiger partial charge in [-0.3, -0.25) is 0 Å². The fourth-order valence-electron chi connectivity index (χ4n) is 1.16. The molecule has 0 aromatic heterocycles. The molecule has 1 aromatic rings. The number of allylic oxidation sites excluding steroid dienone is 1. The molecule has 1 rings (SSSR count). The van der Waals surface area contributed by atoms with Crippen LogP contribution in [0.3, 0.4) is 0 Å². The number of benzene rings is 1. The van der Waals surface area contributed by atoms with Crippen LogP contribution in [0.2, 0.25) is 19.6 Å². The maximum atomic E-state index is 8.70. The zero-order valence-electron chi connectivity index (χ0n) is 9.32. The summed E-state index contributed by atoms with van der Waals surface area (Å²) in [4.78, 5) is 0. The lowest BCUT2D eigenvalue weighted by Gasteiger charge is -2.21. The van der Waals surface area contributed by atoms with Gasteiger partial charge in [0.1, 0.15) is 5.76 Å². The van der Waals surface area contributed by atoms with Gasteiger partial charge in [-0.25, -0.2) is 0 Å². The van der Waals surface area contributed by atoms with Crippen molar-refractivity contribution in [2.45, 2.75) is 19.6 Å². The zero-order valence-corrected chi connectivity index (χ0v) is 10.3. The molecule has 2 nitrogen and oxygen atoms in total. The van der Waals surface area contributed by atoms with E-state index in [0.29, 0.717) is 5.76 Å². The van der Waals surface area contributed by atoms with Gasteiger partial charge in [0, 0.05) is 5.56 Å². The minimum Gasteiger partial charge on any atom is -0.543 e. The first-order valence-corrected chi connectivity index (χ1v) is 8.28. The number of nitrogens with zero attached hydrogens (tertiary/aromatic N) is 1. The maximum Gasteiger partial charge on any atom is 0.242 e. The number of rotatable bonds is 3. The van der Waals surface area contributed by atoms with E-state index in [1.165, 1.54) is 6.08 Å². The van der Waals surface area contributed by atoms with Crippen LogP contribution in [0.4, 0.5) is 0 Å². The lowest BCUT2D eigenvalue weighted by Crippen LogP contribution is -2.24. The van der Waals surface area contributed by atoms with Crippen molar-refractivity contribution in [3.8, 4) is 6.07 Å². The smallest absolute Gasteiger partial charge is 0.242 e. The first-order chi connectivity index (χ1) is 7.03. The summed E-state index contributed by atoms with van der Waals surface area (Å²) in [7, 11) is -1.66. The van der Waals surface area contributed by atoms with Gasteiger partial charge >= 0.3 is 0 Å². The van der Waals surface area contributed by atoms with Crippen molar-refractivity contribution in [1.29, 1.82) is 5.26 Å². The van der Waals surface area contributed by atoms with Crippen LogP contribution < -0.4 is 0 Å². The summed E-state index contributed by atoms with van der Waals surface area (Å²) in [5, 5.41) is 8.70. The van der Waals surface area contributed by atoms with Gasteiger partial charge in [-0.05, 0) is 19.6 Å². The molecule has 0 unspecified atom stereocenters. The van der Waals surface area contributed by atoms with Crippen molar-refractivity contribution in [2.75, 3.05) is 0 Å². The van der Waals surface area contributed by atoms with Crippen molar-refractivity contribution in [1.82, 2.24) is 0 Å².